The first-order chi connectivity index (χ1) is 27.5. The maximum atomic E-state index is 11.2. The summed E-state index contributed by atoms with van der Waals surface area (Å²) < 4.78 is 6.47. The smallest absolute Gasteiger partial charge is 0.134 e. The summed E-state index contributed by atoms with van der Waals surface area (Å²) >= 11 is 0. The molecule has 0 unspecified atom stereocenters. The third-order valence-electron chi connectivity index (χ3n) is 13.0. The van der Waals surface area contributed by atoms with Gasteiger partial charge in [-0.05, 0) is 157 Å². The zero-order valence-electron chi connectivity index (χ0n) is 38.9. The second-order valence-electron chi connectivity index (χ2n) is 20.6. The highest BCUT2D eigenvalue weighted by Gasteiger charge is 2.30. The van der Waals surface area contributed by atoms with Crippen LogP contribution in [0.15, 0.2) is 103 Å². The van der Waals surface area contributed by atoms with Crippen LogP contribution in [-0.2, 0) is 28.3 Å². The fraction of sp³-hybridized carbons (Fsp3) is 0.368. The van der Waals surface area contributed by atoms with Crippen LogP contribution >= 0.6 is 0 Å². The van der Waals surface area contributed by atoms with E-state index in [4.69, 9.17) is 4.74 Å². The monoisotopic (exact) mass is 785 g/mol. The second-order valence-corrected chi connectivity index (χ2v) is 20.6. The van der Waals surface area contributed by atoms with E-state index in [1.54, 1.807) is 0 Å². The van der Waals surface area contributed by atoms with Crippen LogP contribution in [0.4, 0.5) is 0 Å². The largest absolute Gasteiger partial charge is 0.495 e. The van der Waals surface area contributed by atoms with Gasteiger partial charge in [0.25, 0.3) is 0 Å². The molecule has 0 aliphatic carbocycles. The van der Waals surface area contributed by atoms with Gasteiger partial charge in [0.2, 0.25) is 0 Å². The van der Waals surface area contributed by atoms with Crippen LogP contribution in [0, 0.1) is 27.7 Å². The summed E-state index contributed by atoms with van der Waals surface area (Å²) in [6.45, 7) is 33.8. The van der Waals surface area contributed by atoms with Crippen LogP contribution in [0.25, 0.3) is 44.5 Å². The van der Waals surface area contributed by atoms with Gasteiger partial charge >= 0.3 is 0 Å². The molecule has 0 saturated heterocycles. The average Bonchev–Trinajstić information content (AvgIpc) is 3.18. The van der Waals surface area contributed by atoms with E-state index in [-0.39, 0.29) is 22.9 Å². The summed E-state index contributed by atoms with van der Waals surface area (Å²) in [6, 6.07) is 38.7. The van der Waals surface area contributed by atoms with Gasteiger partial charge in [-0.15, -0.1) is 0 Å². The molecule has 6 aromatic carbocycles. The molecule has 2 nitrogen and oxygen atoms in total. The molecule has 1 N–H and O–H groups in total. The fourth-order valence-corrected chi connectivity index (χ4v) is 8.56. The summed E-state index contributed by atoms with van der Waals surface area (Å²) in [5, 5.41) is 11.2. The van der Waals surface area contributed by atoms with Crippen molar-refractivity contribution in [2.45, 2.75) is 132 Å². The summed E-state index contributed by atoms with van der Waals surface area (Å²) in [7, 11) is 1.81. The first-order valence-electron chi connectivity index (χ1n) is 21.4. The van der Waals surface area contributed by atoms with E-state index < -0.39 is 5.41 Å². The van der Waals surface area contributed by atoms with Gasteiger partial charge in [0, 0.05) is 16.5 Å². The fourth-order valence-electron chi connectivity index (χ4n) is 8.56. The minimum Gasteiger partial charge on any atom is -0.495 e. The molecule has 59 heavy (non-hydrogen) atoms. The summed E-state index contributed by atoms with van der Waals surface area (Å²) in [5.74, 6) is 0.888. The highest BCUT2D eigenvalue weighted by molar-refractivity contribution is 5.88. The van der Waals surface area contributed by atoms with Crippen LogP contribution in [0.1, 0.15) is 132 Å². The van der Waals surface area contributed by atoms with Gasteiger partial charge in [0.05, 0.1) is 13.7 Å². The summed E-state index contributed by atoms with van der Waals surface area (Å²) in [4.78, 5) is 0. The van der Waals surface area contributed by atoms with Crippen molar-refractivity contribution >= 4 is 0 Å². The van der Waals surface area contributed by atoms with Gasteiger partial charge in [0.15, 0.2) is 0 Å². The highest BCUT2D eigenvalue weighted by atomic mass is 16.5. The van der Waals surface area contributed by atoms with E-state index in [1.807, 2.05) is 7.11 Å². The first-order valence-corrected chi connectivity index (χ1v) is 21.4. The Morgan fingerprint density at radius 3 is 1.07 bits per heavy atom. The number of rotatable bonds is 8. The molecule has 0 atom stereocenters. The Labute approximate surface area is 356 Å². The van der Waals surface area contributed by atoms with Crippen LogP contribution in [0.2, 0.25) is 0 Å². The molecule has 0 aromatic heterocycles. The van der Waals surface area contributed by atoms with Crippen molar-refractivity contribution in [2.75, 3.05) is 7.11 Å². The van der Waals surface area contributed by atoms with E-state index in [1.165, 1.54) is 55.6 Å². The van der Waals surface area contributed by atoms with Crippen molar-refractivity contribution in [1.29, 1.82) is 0 Å². The molecule has 0 fully saturated rings. The maximum Gasteiger partial charge on any atom is 0.134 e. The van der Waals surface area contributed by atoms with Crippen LogP contribution in [0.3, 0.4) is 0 Å². The third-order valence-corrected chi connectivity index (χ3v) is 13.0. The van der Waals surface area contributed by atoms with Crippen molar-refractivity contribution < 1.29 is 9.84 Å². The molecule has 0 spiro atoms. The average molecular weight is 785 g/mol. The number of methoxy groups -OCH3 is 1. The van der Waals surface area contributed by atoms with Crippen molar-refractivity contribution in [3.05, 3.63) is 159 Å². The Balaban J connectivity index is 1.68. The van der Waals surface area contributed by atoms with Crippen molar-refractivity contribution in [2.24, 2.45) is 0 Å². The molecule has 2 heteroatoms. The summed E-state index contributed by atoms with van der Waals surface area (Å²) in [5.41, 5.74) is 20.8. The lowest BCUT2D eigenvalue weighted by Gasteiger charge is -2.31. The predicted octanol–water partition coefficient (Wildman–Crippen LogP) is 15.3. The normalized spacial score (nSPS) is 12.6. The van der Waals surface area contributed by atoms with Crippen LogP contribution < -0.4 is 4.74 Å². The third kappa shape index (κ3) is 8.58. The molecule has 0 radical (unpaired) electrons. The molecule has 6 aromatic rings. The second kappa shape index (κ2) is 15.9. The Morgan fingerprint density at radius 1 is 0.424 bits per heavy atom. The lowest BCUT2D eigenvalue weighted by Crippen LogP contribution is -2.20. The molecular weight excluding hydrogens is 717 g/mol. The van der Waals surface area contributed by atoms with E-state index in [0.717, 1.165) is 50.3 Å². The van der Waals surface area contributed by atoms with Crippen LogP contribution in [-0.4, -0.2) is 12.2 Å². The van der Waals surface area contributed by atoms with Gasteiger partial charge < -0.3 is 9.84 Å². The van der Waals surface area contributed by atoms with E-state index in [9.17, 15) is 5.11 Å². The predicted molar refractivity (Wildman–Crippen MR) is 254 cm³/mol. The molecule has 0 bridgehead atoms. The molecule has 0 aliphatic heterocycles. The van der Waals surface area contributed by atoms with Gasteiger partial charge in [0.1, 0.15) is 5.75 Å². The van der Waals surface area contributed by atoms with E-state index in [0.29, 0.717) is 0 Å². The molecular formula is C57H68O2. The first kappa shape index (κ1) is 43.7. The lowest BCUT2D eigenvalue weighted by molar-refractivity contribution is 0.283. The standard InChI is InChI=1S/C57H68O2/c1-35-29-36(2)38(4)52(37(35)3)50-33-46(32-49(53(50)59-16)41-21-27-44(28-22-41)56(11,12)13)57(14,15)45-30-47(39-17-23-42(24-18-39)54(5,6)7)51(34-58)48(31-45)40-19-25-43(26-20-40)55(8,9)10/h17-33,58H,34H2,1-16H3. The highest BCUT2D eigenvalue weighted by Crippen LogP contribution is 2.48. The number of aliphatic hydroxyl groups excluding tert-OH is 1. The zero-order chi connectivity index (χ0) is 43.4. The lowest BCUT2D eigenvalue weighted by atomic mass is 9.73. The molecule has 6 rings (SSSR count). The van der Waals surface area contributed by atoms with E-state index in [2.05, 4.69) is 207 Å². The quantitative estimate of drug-likeness (QED) is 0.167. The SMILES string of the molecule is COc1c(-c2ccc(C(C)(C)C)cc2)cc(C(C)(C)c2cc(-c3ccc(C(C)(C)C)cc3)c(CO)c(-c3ccc(C(C)(C)C)cc3)c2)cc1-c1c(C)c(C)cc(C)c1C. The molecule has 0 heterocycles. The van der Waals surface area contributed by atoms with Gasteiger partial charge in [-0.3, -0.25) is 0 Å². The number of benzene rings is 6. The van der Waals surface area contributed by atoms with Crippen molar-refractivity contribution in [3.63, 3.8) is 0 Å². The number of aliphatic hydroxyl groups is 1. The molecule has 0 saturated carbocycles. The van der Waals surface area contributed by atoms with Gasteiger partial charge in [-0.2, -0.15) is 0 Å². The molecule has 0 amide bonds. The summed E-state index contributed by atoms with van der Waals surface area (Å²) in [6.07, 6.45) is 0. The Bertz CT molecular complexity index is 2370. The Kier molecular flexibility index (Phi) is 11.8. The maximum absolute atomic E-state index is 11.2. The number of ether oxygens (including phenoxy) is 1. The minimum absolute atomic E-state index is 0.0333. The van der Waals surface area contributed by atoms with Crippen molar-refractivity contribution in [1.82, 2.24) is 0 Å². The van der Waals surface area contributed by atoms with E-state index >= 15 is 0 Å². The minimum atomic E-state index is -0.462. The zero-order valence-corrected chi connectivity index (χ0v) is 38.9. The number of hydrogen-bond donors (Lipinski definition) is 1. The Hall–Kier alpha value is -4.92. The topological polar surface area (TPSA) is 29.5 Å². The van der Waals surface area contributed by atoms with Crippen LogP contribution in [0.5, 0.6) is 5.75 Å². The molecule has 0 aliphatic rings. The van der Waals surface area contributed by atoms with Gasteiger partial charge in [-0.1, -0.05) is 155 Å². The number of hydrogen-bond acceptors (Lipinski definition) is 2. The Morgan fingerprint density at radius 2 is 0.746 bits per heavy atom. The van der Waals surface area contributed by atoms with Crippen molar-refractivity contribution in [3.8, 4) is 50.3 Å². The van der Waals surface area contributed by atoms with Gasteiger partial charge in [-0.25, -0.2) is 0 Å². The number of aryl methyl sites for hydroxylation is 2. The molecule has 308 valence electrons.